The van der Waals surface area contributed by atoms with Crippen LogP contribution in [0.1, 0.15) is 285 Å². The van der Waals surface area contributed by atoms with Gasteiger partial charge in [-0.25, -0.2) is 9.13 Å². The molecule has 0 heterocycles. The molecule has 0 amide bonds. The Morgan fingerprint density at radius 2 is 0.530 bits per heavy atom. The van der Waals surface area contributed by atoms with E-state index in [0.29, 0.717) is 32.1 Å². The van der Waals surface area contributed by atoms with Crippen LogP contribution in [0.2, 0.25) is 0 Å². The van der Waals surface area contributed by atoms with Gasteiger partial charge in [-0.2, -0.15) is 0 Å². The van der Waals surface area contributed by atoms with E-state index in [0.717, 1.165) is 154 Å². The lowest BCUT2D eigenvalue weighted by Gasteiger charge is -2.21. The zero-order valence-electron chi connectivity index (χ0n) is 62.1. The zero-order valence-corrected chi connectivity index (χ0v) is 63.9. The molecule has 0 aliphatic heterocycles. The summed E-state index contributed by atoms with van der Waals surface area (Å²) in [5.41, 5.74) is 0. The molecule has 0 rings (SSSR count). The Morgan fingerprint density at radius 3 is 0.890 bits per heavy atom. The third-order valence-corrected chi connectivity index (χ3v) is 17.2. The van der Waals surface area contributed by atoms with Gasteiger partial charge in [0.15, 0.2) is 12.2 Å². The largest absolute Gasteiger partial charge is 0.472 e. The third-order valence-electron chi connectivity index (χ3n) is 15.3. The van der Waals surface area contributed by atoms with Crippen LogP contribution in [0.25, 0.3) is 0 Å². The highest BCUT2D eigenvalue weighted by Crippen LogP contribution is 2.45. The lowest BCUT2D eigenvalue weighted by molar-refractivity contribution is -0.161. The van der Waals surface area contributed by atoms with Crippen molar-refractivity contribution in [1.29, 1.82) is 0 Å². The number of esters is 4. The van der Waals surface area contributed by atoms with Crippen LogP contribution in [0.3, 0.4) is 0 Å². The van der Waals surface area contributed by atoms with Crippen molar-refractivity contribution in [2.45, 2.75) is 303 Å². The number of carbonyl (C=O) groups is 4. The van der Waals surface area contributed by atoms with E-state index in [9.17, 15) is 43.2 Å². The van der Waals surface area contributed by atoms with E-state index in [4.69, 9.17) is 37.0 Å². The van der Waals surface area contributed by atoms with E-state index in [-0.39, 0.29) is 25.7 Å². The number of aliphatic hydroxyl groups is 1. The Bertz CT molecular complexity index is 2470. The molecule has 19 heteroatoms. The van der Waals surface area contributed by atoms with Crippen molar-refractivity contribution in [2.75, 3.05) is 39.6 Å². The quantitative estimate of drug-likeness (QED) is 0.0169. The Balaban J connectivity index is 5.46. The number of hydrogen-bond donors (Lipinski definition) is 3. The maximum absolute atomic E-state index is 13.1. The van der Waals surface area contributed by atoms with Crippen molar-refractivity contribution in [2.24, 2.45) is 0 Å². The van der Waals surface area contributed by atoms with Gasteiger partial charge < -0.3 is 33.8 Å². The van der Waals surface area contributed by atoms with Crippen LogP contribution in [-0.2, 0) is 65.4 Å². The molecule has 0 aromatic rings. The number of aliphatic hydroxyl groups excluding tert-OH is 1. The van der Waals surface area contributed by atoms with Crippen LogP contribution < -0.4 is 0 Å². The molecule has 0 saturated heterocycles. The number of phosphoric acid groups is 2. The second-order valence-electron chi connectivity index (χ2n) is 24.8. The van der Waals surface area contributed by atoms with Crippen LogP contribution in [0, 0.1) is 0 Å². The molecule has 17 nitrogen and oxygen atoms in total. The van der Waals surface area contributed by atoms with E-state index in [1.807, 2.05) is 12.2 Å². The van der Waals surface area contributed by atoms with E-state index in [2.05, 4.69) is 161 Å². The molecule has 0 aliphatic rings. The summed E-state index contributed by atoms with van der Waals surface area (Å²) in [6.45, 7) is 4.45. The first-order chi connectivity index (χ1) is 48.7. The van der Waals surface area contributed by atoms with Gasteiger partial charge in [-0.3, -0.25) is 37.3 Å². The van der Waals surface area contributed by atoms with Gasteiger partial charge in [-0.1, -0.05) is 244 Å². The van der Waals surface area contributed by atoms with Crippen molar-refractivity contribution in [3.63, 3.8) is 0 Å². The molecule has 0 aliphatic carbocycles. The lowest BCUT2D eigenvalue weighted by atomic mass is 10.1. The normalized spacial score (nSPS) is 14.8. The predicted octanol–water partition coefficient (Wildman–Crippen LogP) is 21.9. The fourth-order valence-electron chi connectivity index (χ4n) is 9.51. The van der Waals surface area contributed by atoms with Crippen LogP contribution in [0.4, 0.5) is 0 Å². The molecule has 100 heavy (non-hydrogen) atoms. The highest BCUT2D eigenvalue weighted by atomic mass is 31.2. The summed E-state index contributed by atoms with van der Waals surface area (Å²) in [7, 11) is -9.99. The fraction of sp³-hybridized carbons (Fsp3) is 0.654. The van der Waals surface area contributed by atoms with Gasteiger partial charge in [-0.15, -0.1) is 0 Å². The first-order valence-electron chi connectivity index (χ1n) is 38.1. The summed E-state index contributed by atoms with van der Waals surface area (Å²) in [5, 5.41) is 10.6. The summed E-state index contributed by atoms with van der Waals surface area (Å²) in [6.07, 6.45) is 81.3. The fourth-order valence-corrected chi connectivity index (χ4v) is 11.1. The molecule has 0 spiro atoms. The minimum atomic E-state index is -5.00. The van der Waals surface area contributed by atoms with E-state index in [1.54, 1.807) is 0 Å². The van der Waals surface area contributed by atoms with E-state index >= 15 is 0 Å². The van der Waals surface area contributed by atoms with Crippen LogP contribution in [0.15, 0.2) is 146 Å². The molecule has 0 aromatic heterocycles. The number of unbranched alkanes of at least 4 members (excludes halogenated alkanes) is 20. The number of hydrogen-bond acceptors (Lipinski definition) is 15. The third kappa shape index (κ3) is 71.3. The summed E-state index contributed by atoms with van der Waals surface area (Å²) < 4.78 is 68.4. The second kappa shape index (κ2) is 72.3. The summed E-state index contributed by atoms with van der Waals surface area (Å²) in [6, 6.07) is 0. The summed E-state index contributed by atoms with van der Waals surface area (Å²) in [5.74, 6) is -2.32. The van der Waals surface area contributed by atoms with Gasteiger partial charge in [0, 0.05) is 25.7 Å². The molecule has 5 unspecified atom stereocenters. The number of phosphoric ester groups is 2. The van der Waals surface area contributed by atoms with Gasteiger partial charge in [0.2, 0.25) is 0 Å². The van der Waals surface area contributed by atoms with Crippen molar-refractivity contribution >= 4 is 39.5 Å². The maximum Gasteiger partial charge on any atom is 0.472 e. The zero-order chi connectivity index (χ0) is 73.2. The van der Waals surface area contributed by atoms with E-state index < -0.39 is 97.5 Å². The number of rotatable bonds is 70. The van der Waals surface area contributed by atoms with Crippen LogP contribution >= 0.6 is 15.6 Å². The first-order valence-corrected chi connectivity index (χ1v) is 41.1. The van der Waals surface area contributed by atoms with Crippen LogP contribution in [-0.4, -0.2) is 96.7 Å². The number of allylic oxidation sites excluding steroid dienone is 24. The topological polar surface area (TPSA) is 237 Å². The standard InChI is InChI=1S/C81H134O17P2/c1-5-9-13-17-21-25-29-33-36-37-40-43-46-50-54-58-62-66-79(84)92-72-77(98-81(86)68-64-60-56-52-48-44-39-35-31-27-23-19-15-11-7-3)74-96-100(89,90)94-70-75(82)69-93-99(87,88)95-73-76(97-80(85)67-63-59-55-51-47-41-32-28-24-20-16-12-8-4)71-91-78(83)65-61-57-53-49-45-42-38-34-30-26-22-18-14-10-6-2/h9-10,13-14,21-23,25-28,32-36,38-40,43,45,49-50,54,75-77,82H,5-8,11-12,15-20,24,29-31,37,41-42,44,46-48,51-53,55-74H2,1-4H3,(H,87,88)(H,89,90)/b13-9-,14-10-,25-21-,26-22-,27-23-,32-28-,36-33-,38-34-,39-35-,43-40-,49-45-,54-50-. The average Bonchev–Trinajstić information content (AvgIpc) is 1.06. The number of carbonyl (C=O) groups excluding carboxylic acids is 4. The molecule has 0 bridgehead atoms. The van der Waals surface area contributed by atoms with E-state index in [1.165, 1.54) is 44.9 Å². The number of ether oxygens (including phenoxy) is 4. The average molecular weight is 1440 g/mol. The molecule has 3 N–H and O–H groups in total. The smallest absolute Gasteiger partial charge is 0.462 e. The van der Waals surface area contributed by atoms with Crippen molar-refractivity contribution in [3.8, 4) is 0 Å². The summed E-state index contributed by atoms with van der Waals surface area (Å²) >= 11 is 0. The molecule has 0 aromatic carbocycles. The predicted molar refractivity (Wildman–Crippen MR) is 408 cm³/mol. The van der Waals surface area contributed by atoms with Crippen molar-refractivity contribution in [1.82, 2.24) is 0 Å². The van der Waals surface area contributed by atoms with Crippen molar-refractivity contribution in [3.05, 3.63) is 146 Å². The van der Waals surface area contributed by atoms with Gasteiger partial charge in [-0.05, 0) is 161 Å². The van der Waals surface area contributed by atoms with Gasteiger partial charge in [0.25, 0.3) is 0 Å². The molecule has 570 valence electrons. The lowest BCUT2D eigenvalue weighted by Crippen LogP contribution is -2.30. The molecule has 0 fully saturated rings. The first kappa shape index (κ1) is 94.9. The Morgan fingerprint density at radius 1 is 0.290 bits per heavy atom. The minimum Gasteiger partial charge on any atom is -0.462 e. The summed E-state index contributed by atoms with van der Waals surface area (Å²) in [4.78, 5) is 72.8. The van der Waals surface area contributed by atoms with Gasteiger partial charge >= 0.3 is 39.5 Å². The SMILES string of the molecule is CC/C=C\C/C=C\C/C=C\C/C=C\C/C=C\CCCC(=O)OCC(COP(=O)(O)OCC(O)COP(=O)(O)OCC(COC(=O)CCCC/C=C\C/C=C\C/C=C\C/C=C\CC)OC(=O)CCCCCCC/C=C\CCCCCC)OC(=O)CCCCCCC/C=C\C/C=C\CCCCC. The van der Waals surface area contributed by atoms with Crippen molar-refractivity contribution < 1.29 is 80.2 Å². The van der Waals surface area contributed by atoms with Gasteiger partial charge in [0.1, 0.15) is 19.3 Å². The minimum absolute atomic E-state index is 0.0616. The molecular formula is C81H134O17P2. The Hall–Kier alpha value is -5.06. The van der Waals surface area contributed by atoms with Crippen LogP contribution in [0.5, 0.6) is 0 Å². The highest BCUT2D eigenvalue weighted by Gasteiger charge is 2.30. The van der Waals surface area contributed by atoms with Gasteiger partial charge in [0.05, 0.1) is 26.4 Å². The second-order valence-corrected chi connectivity index (χ2v) is 27.7. The maximum atomic E-state index is 13.1. The molecular weight excluding hydrogens is 1310 g/mol. The monoisotopic (exact) mass is 1440 g/mol. The molecule has 0 radical (unpaired) electrons. The Labute approximate surface area is 605 Å². The molecule has 0 saturated carbocycles. The Kier molecular flexibility index (Phi) is 68.6. The molecule has 5 atom stereocenters. The highest BCUT2D eigenvalue weighted by molar-refractivity contribution is 7.47.